The highest BCUT2D eigenvalue weighted by atomic mass is 16.3. The van der Waals surface area contributed by atoms with Crippen molar-refractivity contribution < 1.29 is 13.1 Å². The highest BCUT2D eigenvalue weighted by Gasteiger charge is 2.19. The predicted molar refractivity (Wildman–Crippen MR) is 89.8 cm³/mol. The summed E-state index contributed by atoms with van der Waals surface area (Å²) in [6, 6.07) is 15.6. The Morgan fingerprint density at radius 3 is 2.68 bits per heavy atom. The molecule has 4 rings (SSSR count). The van der Waals surface area contributed by atoms with Crippen molar-refractivity contribution in [1.82, 2.24) is 0 Å². The average Bonchev–Trinajstić information content (AvgIpc) is 2.93. The molecule has 0 atom stereocenters. The molecule has 2 aromatic heterocycles. The lowest BCUT2D eigenvalue weighted by molar-refractivity contribution is -0.660. The molecule has 108 valence electrons. The molecule has 2 nitrogen and oxygen atoms in total. The van der Waals surface area contributed by atoms with Crippen LogP contribution in [-0.4, -0.2) is 0 Å². The molecule has 0 amide bonds. The van der Waals surface area contributed by atoms with Gasteiger partial charge < -0.3 is 4.42 Å². The quantitative estimate of drug-likeness (QED) is 0.465. The zero-order valence-corrected chi connectivity index (χ0v) is 12.6. The number of pyridine rings is 1. The molecule has 4 aromatic rings. The second-order valence-corrected chi connectivity index (χ2v) is 5.64. The van der Waals surface area contributed by atoms with Gasteiger partial charge in [0.25, 0.3) is 0 Å². The Morgan fingerprint density at radius 2 is 1.86 bits per heavy atom. The van der Waals surface area contributed by atoms with Crippen molar-refractivity contribution in [1.29, 1.82) is 0 Å². The minimum Gasteiger partial charge on any atom is -0.456 e. The Kier molecular flexibility index (Phi) is 2.17. The van der Waals surface area contributed by atoms with E-state index in [1.807, 2.05) is 48.0 Å². The number of hydrogen-bond acceptors (Lipinski definition) is 1. The second kappa shape index (κ2) is 4.70. The summed E-state index contributed by atoms with van der Waals surface area (Å²) in [5.74, 6) is 0. The number of para-hydroxylation sites is 1. The van der Waals surface area contributed by atoms with E-state index in [4.69, 9.17) is 8.53 Å². The Hall–Kier alpha value is -2.61. The Balaban J connectivity index is 2.06. The first-order valence-corrected chi connectivity index (χ1v) is 7.27. The molecule has 0 unspecified atom stereocenters. The lowest BCUT2D eigenvalue weighted by Crippen LogP contribution is -2.31. The molecular formula is C20H18NO+. The zero-order chi connectivity index (χ0) is 17.8. The molecule has 0 saturated heterocycles. The lowest BCUT2D eigenvalue weighted by Gasteiger charge is -2.06. The molecule has 0 saturated carbocycles. The van der Waals surface area contributed by atoms with Crippen LogP contribution < -0.4 is 4.57 Å². The molecule has 2 heteroatoms. The van der Waals surface area contributed by atoms with Gasteiger partial charge in [-0.2, -0.15) is 0 Å². The number of benzene rings is 2. The van der Waals surface area contributed by atoms with Crippen LogP contribution in [0.1, 0.15) is 15.2 Å². The maximum atomic E-state index is 7.61. The first-order valence-electron chi connectivity index (χ1n) is 8.77. The molecular weight excluding hydrogens is 270 g/mol. The molecule has 2 heterocycles. The van der Waals surface area contributed by atoms with Crippen LogP contribution in [0.3, 0.4) is 0 Å². The van der Waals surface area contributed by atoms with E-state index in [-0.39, 0.29) is 0 Å². The first-order chi connectivity index (χ1) is 11.9. The molecule has 0 aliphatic rings. The van der Waals surface area contributed by atoms with Crippen LogP contribution >= 0.6 is 0 Å². The highest BCUT2D eigenvalue weighted by molar-refractivity contribution is 6.12. The summed E-state index contributed by atoms with van der Waals surface area (Å²) in [5, 5.41) is 2.13. The fourth-order valence-corrected chi connectivity index (χ4v) is 3.12. The van der Waals surface area contributed by atoms with Gasteiger partial charge in [0, 0.05) is 26.5 Å². The third-order valence-electron chi connectivity index (χ3n) is 4.14. The summed E-state index contributed by atoms with van der Waals surface area (Å²) in [4.78, 5) is 0. The van der Waals surface area contributed by atoms with E-state index in [1.54, 1.807) is 12.3 Å². The van der Waals surface area contributed by atoms with E-state index in [2.05, 4.69) is 13.0 Å². The van der Waals surface area contributed by atoms with Gasteiger partial charge in [0.05, 0.1) is 5.56 Å². The van der Waals surface area contributed by atoms with Gasteiger partial charge in [-0.1, -0.05) is 24.3 Å². The van der Waals surface area contributed by atoms with E-state index in [1.165, 1.54) is 0 Å². The Morgan fingerprint density at radius 1 is 1.00 bits per heavy atom. The van der Waals surface area contributed by atoms with Gasteiger partial charge in [-0.25, -0.2) is 4.57 Å². The Labute approximate surface area is 133 Å². The molecule has 0 fully saturated rings. The van der Waals surface area contributed by atoms with Gasteiger partial charge >= 0.3 is 0 Å². The van der Waals surface area contributed by atoms with E-state index >= 15 is 0 Å². The molecule has 0 spiro atoms. The number of fused-ring (bicyclic) bond motifs is 3. The van der Waals surface area contributed by atoms with E-state index in [0.717, 1.165) is 38.8 Å². The minimum atomic E-state index is -2.11. The number of furan rings is 1. The van der Waals surface area contributed by atoms with Crippen LogP contribution in [0.5, 0.6) is 0 Å². The fourth-order valence-electron chi connectivity index (χ4n) is 3.12. The third kappa shape index (κ3) is 1.84. The van der Waals surface area contributed by atoms with Crippen LogP contribution in [0.4, 0.5) is 0 Å². The smallest absolute Gasteiger partial charge is 0.213 e. The van der Waals surface area contributed by atoms with Gasteiger partial charge in [-0.05, 0) is 37.5 Å². The standard InChI is InChI=1S/C20H18NO/c1-13-8-10-16(21(3)12-13)19-14(2)9-11-18-20(19)15-6-4-5-7-17(15)22-18/h4-12H,1-3H3/q+1/i1D3. The van der Waals surface area contributed by atoms with Crippen LogP contribution in [0.2, 0.25) is 0 Å². The van der Waals surface area contributed by atoms with Crippen molar-refractivity contribution in [2.75, 3.05) is 0 Å². The predicted octanol–water partition coefficient (Wildman–Crippen LogP) is 4.69. The summed E-state index contributed by atoms with van der Waals surface area (Å²) in [6.07, 6.45) is 1.68. The molecule has 0 N–H and O–H groups in total. The first kappa shape index (κ1) is 10.2. The summed E-state index contributed by atoms with van der Waals surface area (Å²) in [5.41, 5.74) is 5.18. The van der Waals surface area contributed by atoms with Gasteiger partial charge in [-0.15, -0.1) is 0 Å². The molecule has 0 radical (unpaired) electrons. The van der Waals surface area contributed by atoms with Crippen LogP contribution in [-0.2, 0) is 7.05 Å². The maximum absolute atomic E-state index is 7.61. The topological polar surface area (TPSA) is 17.0 Å². The van der Waals surface area contributed by atoms with Crippen molar-refractivity contribution in [3.05, 3.63) is 65.9 Å². The van der Waals surface area contributed by atoms with Crippen molar-refractivity contribution in [3.8, 4) is 11.3 Å². The van der Waals surface area contributed by atoms with Gasteiger partial charge in [0.1, 0.15) is 18.2 Å². The number of rotatable bonds is 1. The summed E-state index contributed by atoms with van der Waals surface area (Å²) in [6.45, 7) is -0.0477. The third-order valence-corrected chi connectivity index (χ3v) is 4.14. The molecule has 0 bridgehead atoms. The van der Waals surface area contributed by atoms with Gasteiger partial charge in [0.2, 0.25) is 5.69 Å². The Bertz CT molecular complexity index is 1110. The van der Waals surface area contributed by atoms with E-state index in [0.29, 0.717) is 5.56 Å². The monoisotopic (exact) mass is 291 g/mol. The largest absolute Gasteiger partial charge is 0.456 e. The van der Waals surface area contributed by atoms with Crippen molar-refractivity contribution in [2.24, 2.45) is 7.05 Å². The van der Waals surface area contributed by atoms with Crippen LogP contribution in [0.15, 0.2) is 59.1 Å². The van der Waals surface area contributed by atoms with Crippen molar-refractivity contribution >= 4 is 21.9 Å². The second-order valence-electron chi connectivity index (χ2n) is 5.64. The van der Waals surface area contributed by atoms with E-state index in [9.17, 15) is 0 Å². The lowest BCUT2D eigenvalue weighted by atomic mass is 9.98. The summed E-state index contributed by atoms with van der Waals surface area (Å²) < 4.78 is 30.7. The minimum absolute atomic E-state index is 0.334. The van der Waals surface area contributed by atoms with Crippen LogP contribution in [0.25, 0.3) is 33.2 Å². The average molecular weight is 291 g/mol. The number of aryl methyl sites for hydroxylation is 3. The van der Waals surface area contributed by atoms with Crippen molar-refractivity contribution in [2.45, 2.75) is 13.8 Å². The number of hydrogen-bond donors (Lipinski definition) is 0. The zero-order valence-electron chi connectivity index (χ0n) is 15.6. The molecule has 22 heavy (non-hydrogen) atoms. The molecule has 2 aromatic carbocycles. The summed E-state index contributed by atoms with van der Waals surface area (Å²) in [7, 11) is 1.88. The van der Waals surface area contributed by atoms with Gasteiger partial charge in [-0.3, -0.25) is 0 Å². The van der Waals surface area contributed by atoms with E-state index < -0.39 is 6.85 Å². The van der Waals surface area contributed by atoms with Crippen LogP contribution in [0, 0.1) is 13.8 Å². The normalized spacial score (nSPS) is 14.0. The maximum Gasteiger partial charge on any atom is 0.213 e. The fraction of sp³-hybridized carbons (Fsp3) is 0.150. The molecule has 0 aliphatic heterocycles. The van der Waals surface area contributed by atoms with Gasteiger partial charge in [0.15, 0.2) is 6.20 Å². The number of aromatic nitrogens is 1. The summed E-state index contributed by atoms with van der Waals surface area (Å²) >= 11 is 0. The van der Waals surface area contributed by atoms with Crippen molar-refractivity contribution in [3.63, 3.8) is 0 Å². The SMILES string of the molecule is [2H]C([2H])([2H])c1ccc(-c2c(C)ccc3oc4ccccc4c23)[n+](C)c1. The molecule has 0 aliphatic carbocycles. The number of nitrogens with zero attached hydrogens (tertiary/aromatic N) is 1. The highest BCUT2D eigenvalue weighted by Crippen LogP contribution is 2.37.